The van der Waals surface area contributed by atoms with E-state index in [1.807, 2.05) is 4.72 Å². The Balaban J connectivity index is 2.18. The molecular weight excluding hydrogens is 304 g/mol. The molecule has 2 rings (SSSR count). The summed E-state index contributed by atoms with van der Waals surface area (Å²) < 4.78 is 25.6. The van der Waals surface area contributed by atoms with Crippen LogP contribution in [0.1, 0.15) is 10.4 Å². The van der Waals surface area contributed by atoms with Gasteiger partial charge in [0.05, 0.1) is 4.92 Å². The number of non-ortho nitro benzene ring substituents is 1. The zero-order valence-corrected chi connectivity index (χ0v) is 11.5. The minimum absolute atomic E-state index is 0.0211. The Morgan fingerprint density at radius 3 is 2.35 bits per heavy atom. The minimum Gasteiger partial charge on any atom is -0.268 e. The number of thiophene rings is 1. The third-order valence-corrected chi connectivity index (χ3v) is 5.06. The zero-order chi connectivity index (χ0) is 14.8. The number of amides is 1. The van der Waals surface area contributed by atoms with Gasteiger partial charge in [-0.2, -0.15) is 0 Å². The highest BCUT2D eigenvalue weighted by molar-refractivity contribution is 7.92. The van der Waals surface area contributed by atoms with Gasteiger partial charge >= 0.3 is 0 Å². The Bertz CT molecular complexity index is 736. The van der Waals surface area contributed by atoms with Crippen LogP contribution < -0.4 is 4.72 Å². The van der Waals surface area contributed by atoms with Gasteiger partial charge < -0.3 is 0 Å². The van der Waals surface area contributed by atoms with Gasteiger partial charge in [-0.25, -0.2) is 13.1 Å². The number of carbonyl (C=O) groups excluding carboxylic acids is 1. The third kappa shape index (κ3) is 3.00. The Morgan fingerprint density at radius 1 is 1.20 bits per heavy atom. The normalized spacial score (nSPS) is 11.0. The number of nitro groups is 1. The van der Waals surface area contributed by atoms with Crippen LogP contribution in [0.2, 0.25) is 0 Å². The number of nitrogens with one attached hydrogen (secondary N) is 1. The maximum Gasteiger partial charge on any atom is 0.273 e. The first-order valence-corrected chi connectivity index (χ1v) is 7.61. The van der Waals surface area contributed by atoms with E-state index in [0.29, 0.717) is 0 Å². The standard InChI is InChI=1S/C11H8N2O5S2/c14-11(8-3-5-9(6-4-8)13(15)16)12-20(17,18)10-2-1-7-19-10/h1-7H,(H,12,14). The molecule has 0 spiro atoms. The largest absolute Gasteiger partial charge is 0.273 e. The van der Waals surface area contributed by atoms with Gasteiger partial charge in [0, 0.05) is 17.7 Å². The molecular formula is C11H8N2O5S2. The van der Waals surface area contributed by atoms with E-state index in [4.69, 9.17) is 0 Å². The van der Waals surface area contributed by atoms with E-state index in [-0.39, 0.29) is 15.5 Å². The second kappa shape index (κ2) is 5.39. The predicted molar refractivity (Wildman–Crippen MR) is 72.1 cm³/mol. The van der Waals surface area contributed by atoms with Crippen molar-refractivity contribution >= 4 is 33.0 Å². The van der Waals surface area contributed by atoms with Crippen molar-refractivity contribution in [3.8, 4) is 0 Å². The van der Waals surface area contributed by atoms with E-state index in [2.05, 4.69) is 0 Å². The summed E-state index contributed by atoms with van der Waals surface area (Å²) >= 11 is 0.981. The molecule has 0 saturated carbocycles. The lowest BCUT2D eigenvalue weighted by molar-refractivity contribution is -0.384. The van der Waals surface area contributed by atoms with Crippen molar-refractivity contribution in [3.05, 3.63) is 57.5 Å². The molecule has 1 aromatic heterocycles. The molecule has 0 aliphatic carbocycles. The van der Waals surface area contributed by atoms with Gasteiger partial charge in [0.1, 0.15) is 4.21 Å². The molecule has 0 aliphatic heterocycles. The van der Waals surface area contributed by atoms with Gasteiger partial charge in [0.2, 0.25) is 0 Å². The summed E-state index contributed by atoms with van der Waals surface area (Å²) in [4.78, 5) is 21.7. The van der Waals surface area contributed by atoms with Crippen LogP contribution in [0.25, 0.3) is 0 Å². The van der Waals surface area contributed by atoms with Crippen LogP contribution in [0.5, 0.6) is 0 Å². The lowest BCUT2D eigenvalue weighted by Gasteiger charge is -2.04. The molecule has 0 aliphatic rings. The SMILES string of the molecule is O=C(NS(=O)(=O)c1cccs1)c1ccc([N+](=O)[O-])cc1. The van der Waals surface area contributed by atoms with Gasteiger partial charge in [-0.15, -0.1) is 11.3 Å². The molecule has 0 radical (unpaired) electrons. The molecule has 2 aromatic rings. The van der Waals surface area contributed by atoms with Crippen molar-refractivity contribution < 1.29 is 18.1 Å². The molecule has 0 bridgehead atoms. The summed E-state index contributed by atoms with van der Waals surface area (Å²) in [6, 6.07) is 7.57. The van der Waals surface area contributed by atoms with Gasteiger partial charge in [-0.3, -0.25) is 14.9 Å². The highest BCUT2D eigenvalue weighted by atomic mass is 32.2. The average molecular weight is 312 g/mol. The van der Waals surface area contributed by atoms with E-state index in [1.54, 1.807) is 11.4 Å². The molecule has 9 heteroatoms. The molecule has 104 valence electrons. The van der Waals surface area contributed by atoms with E-state index in [1.165, 1.54) is 18.2 Å². The topological polar surface area (TPSA) is 106 Å². The molecule has 1 aromatic carbocycles. The fourth-order valence-electron chi connectivity index (χ4n) is 1.38. The van der Waals surface area contributed by atoms with Crippen molar-refractivity contribution in [2.24, 2.45) is 0 Å². The van der Waals surface area contributed by atoms with Crippen molar-refractivity contribution in [1.29, 1.82) is 0 Å². The van der Waals surface area contributed by atoms with Crippen LogP contribution >= 0.6 is 11.3 Å². The first kappa shape index (κ1) is 14.2. The molecule has 1 heterocycles. The number of rotatable bonds is 4. The number of nitro benzene ring substituents is 1. The highest BCUT2D eigenvalue weighted by Crippen LogP contribution is 2.16. The van der Waals surface area contributed by atoms with Gasteiger partial charge in [-0.05, 0) is 23.6 Å². The first-order valence-electron chi connectivity index (χ1n) is 5.25. The van der Waals surface area contributed by atoms with Gasteiger partial charge in [0.25, 0.3) is 21.6 Å². The van der Waals surface area contributed by atoms with Crippen LogP contribution in [-0.4, -0.2) is 19.2 Å². The summed E-state index contributed by atoms with van der Waals surface area (Å²) in [5, 5.41) is 12.1. The van der Waals surface area contributed by atoms with Crippen LogP contribution in [0.3, 0.4) is 0 Å². The zero-order valence-electron chi connectivity index (χ0n) is 9.85. The number of carbonyl (C=O) groups is 1. The molecule has 1 N–H and O–H groups in total. The van der Waals surface area contributed by atoms with E-state index < -0.39 is 20.9 Å². The van der Waals surface area contributed by atoms with Crippen LogP contribution in [0.15, 0.2) is 46.0 Å². The maximum atomic E-state index is 11.8. The van der Waals surface area contributed by atoms with Crippen molar-refractivity contribution in [1.82, 2.24) is 4.72 Å². The first-order chi connectivity index (χ1) is 9.40. The average Bonchev–Trinajstić information content (AvgIpc) is 2.93. The molecule has 1 amide bonds. The number of benzene rings is 1. The number of sulfonamides is 1. The smallest absolute Gasteiger partial charge is 0.268 e. The van der Waals surface area contributed by atoms with Crippen LogP contribution in [0, 0.1) is 10.1 Å². The summed E-state index contributed by atoms with van der Waals surface area (Å²) in [5.41, 5.74) is -0.154. The van der Waals surface area contributed by atoms with Crippen molar-refractivity contribution in [3.63, 3.8) is 0 Å². The fourth-order valence-corrected chi connectivity index (χ4v) is 3.35. The van der Waals surface area contributed by atoms with E-state index in [0.717, 1.165) is 23.5 Å². The maximum absolute atomic E-state index is 11.8. The Hall–Kier alpha value is -2.26. The summed E-state index contributed by atoms with van der Waals surface area (Å²) in [6.07, 6.45) is 0. The lowest BCUT2D eigenvalue weighted by Crippen LogP contribution is -2.29. The van der Waals surface area contributed by atoms with E-state index >= 15 is 0 Å². The Morgan fingerprint density at radius 2 is 1.85 bits per heavy atom. The monoisotopic (exact) mass is 312 g/mol. The summed E-state index contributed by atoms with van der Waals surface area (Å²) in [7, 11) is -3.91. The Labute approximate surface area is 118 Å². The summed E-state index contributed by atoms with van der Waals surface area (Å²) in [6.45, 7) is 0. The molecule has 0 atom stereocenters. The second-order valence-electron chi connectivity index (χ2n) is 3.67. The second-order valence-corrected chi connectivity index (χ2v) is 6.53. The van der Waals surface area contributed by atoms with Gasteiger partial charge in [-0.1, -0.05) is 6.07 Å². The lowest BCUT2D eigenvalue weighted by atomic mass is 10.2. The predicted octanol–water partition coefficient (Wildman–Crippen LogP) is 1.77. The Kier molecular flexibility index (Phi) is 3.81. The quantitative estimate of drug-likeness (QED) is 0.684. The summed E-state index contributed by atoms with van der Waals surface area (Å²) in [5.74, 6) is -0.840. The highest BCUT2D eigenvalue weighted by Gasteiger charge is 2.19. The molecule has 0 saturated heterocycles. The fraction of sp³-hybridized carbons (Fsp3) is 0. The van der Waals surface area contributed by atoms with Crippen molar-refractivity contribution in [2.75, 3.05) is 0 Å². The van der Waals surface area contributed by atoms with Gasteiger partial charge in [0.15, 0.2) is 0 Å². The third-order valence-electron chi connectivity index (χ3n) is 2.33. The number of nitrogens with zero attached hydrogens (tertiary/aromatic N) is 1. The van der Waals surface area contributed by atoms with Crippen molar-refractivity contribution in [2.45, 2.75) is 4.21 Å². The van der Waals surface area contributed by atoms with E-state index in [9.17, 15) is 23.3 Å². The van der Waals surface area contributed by atoms with Crippen LogP contribution in [0.4, 0.5) is 5.69 Å². The molecule has 20 heavy (non-hydrogen) atoms. The molecule has 0 fully saturated rings. The number of hydrogen-bond acceptors (Lipinski definition) is 6. The van der Waals surface area contributed by atoms with Crippen LogP contribution in [-0.2, 0) is 10.0 Å². The minimum atomic E-state index is -3.91. The molecule has 0 unspecified atom stereocenters. The molecule has 7 nitrogen and oxygen atoms in total. The number of hydrogen-bond donors (Lipinski definition) is 1.